The molecular formula is C16H17N3OS2. The van der Waals surface area contributed by atoms with E-state index in [1.807, 2.05) is 30.3 Å². The lowest BCUT2D eigenvalue weighted by Gasteiger charge is -2.20. The molecule has 0 saturated carbocycles. The van der Waals surface area contributed by atoms with E-state index in [1.54, 1.807) is 18.0 Å². The lowest BCUT2D eigenvalue weighted by atomic mass is 9.95. The van der Waals surface area contributed by atoms with Gasteiger partial charge in [-0.2, -0.15) is 0 Å². The number of hydrogen-bond donors (Lipinski definition) is 2. The van der Waals surface area contributed by atoms with Crippen LogP contribution in [0.1, 0.15) is 28.9 Å². The topological polar surface area (TPSA) is 54.0 Å². The van der Waals surface area contributed by atoms with Crippen LogP contribution in [0.15, 0.2) is 45.8 Å². The number of pyridine rings is 1. The Kier molecular flexibility index (Phi) is 3.90. The molecule has 2 N–H and O–H groups in total. The summed E-state index contributed by atoms with van der Waals surface area (Å²) < 4.78 is 1.09. The van der Waals surface area contributed by atoms with E-state index in [-0.39, 0.29) is 5.91 Å². The Bertz CT molecular complexity index is 673. The standard InChI is InChI=1S/C16H17N3OS2/c20-16(19-12-9-10-4-5-11(12)18-10)13-6-7-15(21-13)22-14-3-1-2-8-17-14/h1-3,6-8,10-12,18H,4-5,9H2,(H,19,20). The van der Waals surface area contributed by atoms with Crippen LogP contribution in [0.25, 0.3) is 0 Å². The number of fused-ring (bicyclic) bond motifs is 2. The van der Waals surface area contributed by atoms with Crippen molar-refractivity contribution in [3.8, 4) is 0 Å². The van der Waals surface area contributed by atoms with E-state index in [2.05, 4.69) is 15.6 Å². The van der Waals surface area contributed by atoms with Crippen molar-refractivity contribution in [2.45, 2.75) is 46.6 Å². The summed E-state index contributed by atoms with van der Waals surface area (Å²) >= 11 is 3.13. The molecule has 4 nitrogen and oxygen atoms in total. The predicted octanol–water partition coefficient (Wildman–Crippen LogP) is 2.92. The van der Waals surface area contributed by atoms with Gasteiger partial charge in [0.15, 0.2) is 0 Å². The van der Waals surface area contributed by atoms with Gasteiger partial charge in [-0.15, -0.1) is 11.3 Å². The number of carbonyl (C=O) groups excluding carboxylic acids is 1. The monoisotopic (exact) mass is 331 g/mol. The number of rotatable bonds is 4. The number of amides is 1. The van der Waals surface area contributed by atoms with Crippen molar-refractivity contribution in [1.82, 2.24) is 15.6 Å². The van der Waals surface area contributed by atoms with Gasteiger partial charge in [0.05, 0.1) is 9.09 Å². The highest BCUT2D eigenvalue weighted by Crippen LogP contribution is 2.33. The molecule has 22 heavy (non-hydrogen) atoms. The summed E-state index contributed by atoms with van der Waals surface area (Å²) in [6.07, 6.45) is 5.28. The van der Waals surface area contributed by atoms with Crippen molar-refractivity contribution in [1.29, 1.82) is 0 Å². The summed E-state index contributed by atoms with van der Waals surface area (Å²) in [6.45, 7) is 0. The van der Waals surface area contributed by atoms with E-state index in [0.717, 1.165) is 20.5 Å². The number of aromatic nitrogens is 1. The Morgan fingerprint density at radius 1 is 1.32 bits per heavy atom. The average Bonchev–Trinajstić information content (AvgIpc) is 3.24. The summed E-state index contributed by atoms with van der Waals surface area (Å²) in [7, 11) is 0. The summed E-state index contributed by atoms with van der Waals surface area (Å²) in [5.41, 5.74) is 0. The zero-order valence-corrected chi connectivity index (χ0v) is 13.6. The third-order valence-electron chi connectivity index (χ3n) is 4.26. The van der Waals surface area contributed by atoms with Crippen molar-refractivity contribution < 1.29 is 4.79 Å². The molecule has 0 aliphatic carbocycles. The van der Waals surface area contributed by atoms with Gasteiger partial charge in [-0.05, 0) is 43.5 Å². The Balaban J connectivity index is 1.39. The number of carbonyl (C=O) groups is 1. The van der Waals surface area contributed by atoms with Gasteiger partial charge in [-0.3, -0.25) is 4.79 Å². The molecule has 2 aliphatic rings. The van der Waals surface area contributed by atoms with Crippen LogP contribution < -0.4 is 10.6 Å². The van der Waals surface area contributed by atoms with Crippen molar-refractivity contribution in [2.24, 2.45) is 0 Å². The maximum Gasteiger partial charge on any atom is 0.261 e. The van der Waals surface area contributed by atoms with Gasteiger partial charge in [0.2, 0.25) is 0 Å². The summed E-state index contributed by atoms with van der Waals surface area (Å²) in [4.78, 5) is 17.5. The highest BCUT2D eigenvalue weighted by atomic mass is 32.2. The van der Waals surface area contributed by atoms with E-state index in [1.165, 1.54) is 24.2 Å². The van der Waals surface area contributed by atoms with Gasteiger partial charge in [0.25, 0.3) is 5.91 Å². The molecule has 4 rings (SSSR count). The van der Waals surface area contributed by atoms with Gasteiger partial charge in [0.1, 0.15) is 5.03 Å². The molecule has 2 aromatic rings. The molecule has 3 atom stereocenters. The van der Waals surface area contributed by atoms with Gasteiger partial charge in [-0.25, -0.2) is 4.98 Å². The highest BCUT2D eigenvalue weighted by Gasteiger charge is 2.39. The van der Waals surface area contributed by atoms with Crippen molar-refractivity contribution in [3.63, 3.8) is 0 Å². The SMILES string of the molecule is O=C(NC1CC2CCC1N2)c1ccc(Sc2ccccn2)s1. The summed E-state index contributed by atoms with van der Waals surface area (Å²) in [5.74, 6) is 0.0530. The smallest absolute Gasteiger partial charge is 0.261 e. The Morgan fingerprint density at radius 3 is 3.00 bits per heavy atom. The number of hydrogen-bond acceptors (Lipinski definition) is 5. The van der Waals surface area contributed by atoms with Crippen LogP contribution in [0.3, 0.4) is 0 Å². The lowest BCUT2D eigenvalue weighted by Crippen LogP contribution is -2.42. The molecule has 2 aromatic heterocycles. The molecule has 1 amide bonds. The van der Waals surface area contributed by atoms with Crippen molar-refractivity contribution in [2.75, 3.05) is 0 Å². The fourth-order valence-corrected chi connectivity index (χ4v) is 5.17. The molecule has 2 bridgehead atoms. The summed E-state index contributed by atoms with van der Waals surface area (Å²) in [6, 6.07) is 11.1. The van der Waals surface area contributed by atoms with E-state index in [9.17, 15) is 4.79 Å². The first-order valence-corrected chi connectivity index (χ1v) is 9.17. The van der Waals surface area contributed by atoms with Crippen molar-refractivity contribution in [3.05, 3.63) is 41.4 Å². The highest BCUT2D eigenvalue weighted by molar-refractivity contribution is 8.01. The van der Waals surface area contributed by atoms with Crippen LogP contribution in [0, 0.1) is 0 Å². The minimum absolute atomic E-state index is 0.0530. The van der Waals surface area contributed by atoms with Crippen molar-refractivity contribution >= 4 is 29.0 Å². The first-order chi connectivity index (χ1) is 10.8. The van der Waals surface area contributed by atoms with E-state index >= 15 is 0 Å². The van der Waals surface area contributed by atoms with Gasteiger partial charge >= 0.3 is 0 Å². The summed E-state index contributed by atoms with van der Waals surface area (Å²) in [5, 5.41) is 7.69. The van der Waals surface area contributed by atoms with E-state index < -0.39 is 0 Å². The predicted molar refractivity (Wildman–Crippen MR) is 88.5 cm³/mol. The van der Waals surface area contributed by atoms with Crippen LogP contribution in [0.4, 0.5) is 0 Å². The molecule has 0 radical (unpaired) electrons. The van der Waals surface area contributed by atoms with Crippen LogP contribution in [0.5, 0.6) is 0 Å². The second-order valence-corrected chi connectivity index (χ2v) is 8.16. The number of thiophene rings is 1. The molecule has 0 spiro atoms. The van der Waals surface area contributed by atoms with Gasteiger partial charge in [-0.1, -0.05) is 17.8 Å². The Hall–Kier alpha value is -1.37. The first kappa shape index (κ1) is 14.2. The third kappa shape index (κ3) is 2.91. The molecule has 2 fully saturated rings. The largest absolute Gasteiger partial charge is 0.347 e. The Morgan fingerprint density at radius 2 is 2.27 bits per heavy atom. The van der Waals surface area contributed by atoms with Crippen LogP contribution in [-0.4, -0.2) is 29.0 Å². The molecule has 2 aliphatic heterocycles. The molecular weight excluding hydrogens is 314 g/mol. The van der Waals surface area contributed by atoms with Gasteiger partial charge in [0, 0.05) is 24.3 Å². The normalized spacial score (nSPS) is 26.3. The zero-order valence-electron chi connectivity index (χ0n) is 12.0. The molecule has 114 valence electrons. The minimum atomic E-state index is 0.0530. The Labute approximate surface area is 137 Å². The molecule has 2 saturated heterocycles. The fraction of sp³-hybridized carbons (Fsp3) is 0.375. The number of nitrogens with one attached hydrogen (secondary N) is 2. The molecule has 6 heteroatoms. The molecule has 4 heterocycles. The van der Waals surface area contributed by atoms with Gasteiger partial charge < -0.3 is 10.6 Å². The number of nitrogens with zero attached hydrogens (tertiary/aromatic N) is 1. The third-order valence-corrected chi connectivity index (χ3v) is 6.43. The van der Waals surface area contributed by atoms with E-state index in [0.29, 0.717) is 18.1 Å². The second-order valence-electron chi connectivity index (χ2n) is 5.75. The second kappa shape index (κ2) is 6.02. The first-order valence-electron chi connectivity index (χ1n) is 7.53. The average molecular weight is 331 g/mol. The quantitative estimate of drug-likeness (QED) is 0.904. The fourth-order valence-electron chi connectivity index (χ4n) is 3.23. The van der Waals surface area contributed by atoms with E-state index in [4.69, 9.17) is 0 Å². The van der Waals surface area contributed by atoms with Crippen LogP contribution in [0.2, 0.25) is 0 Å². The van der Waals surface area contributed by atoms with Crippen LogP contribution >= 0.6 is 23.1 Å². The lowest BCUT2D eigenvalue weighted by molar-refractivity contribution is 0.0935. The maximum absolute atomic E-state index is 12.4. The molecule has 3 unspecified atom stereocenters. The maximum atomic E-state index is 12.4. The molecule has 0 aromatic carbocycles. The minimum Gasteiger partial charge on any atom is -0.347 e. The zero-order chi connectivity index (χ0) is 14.9. The van der Waals surface area contributed by atoms with Crippen LogP contribution in [-0.2, 0) is 0 Å².